The van der Waals surface area contributed by atoms with Gasteiger partial charge in [0, 0.05) is 56.6 Å². The van der Waals surface area contributed by atoms with Gasteiger partial charge in [0.1, 0.15) is 11.2 Å². The fourth-order valence-corrected chi connectivity index (χ4v) is 8.62. The van der Waals surface area contributed by atoms with Crippen LogP contribution >= 0.6 is 0 Å². The van der Waals surface area contributed by atoms with E-state index in [9.17, 15) is 0 Å². The van der Waals surface area contributed by atoms with Gasteiger partial charge < -0.3 is 13.9 Å². The summed E-state index contributed by atoms with van der Waals surface area (Å²) in [4.78, 5) is 2.31. The van der Waals surface area contributed by atoms with Crippen molar-refractivity contribution in [1.82, 2.24) is 4.57 Å². The summed E-state index contributed by atoms with van der Waals surface area (Å²) < 4.78 is 9.23. The fraction of sp³-hybridized carbons (Fsp3) is 0. The Bertz CT molecular complexity index is 3140. The Hall–Kier alpha value is -7.88. The molecule has 0 N–H and O–H groups in total. The lowest BCUT2D eigenvalue weighted by Crippen LogP contribution is -2.09. The summed E-state index contributed by atoms with van der Waals surface area (Å²) in [6.07, 6.45) is 0. The molecule has 11 rings (SSSR count). The van der Waals surface area contributed by atoms with Crippen LogP contribution in [0.25, 0.3) is 83.2 Å². The summed E-state index contributed by atoms with van der Waals surface area (Å²) >= 11 is 0. The molecule has 0 aliphatic rings. The monoisotopic (exact) mass is 754 g/mol. The van der Waals surface area contributed by atoms with E-state index >= 15 is 0 Å². The van der Waals surface area contributed by atoms with Crippen LogP contribution in [0.3, 0.4) is 0 Å². The van der Waals surface area contributed by atoms with Crippen molar-refractivity contribution in [3.05, 3.63) is 231 Å². The molecule has 0 saturated carbocycles. The molecule has 3 nitrogen and oxygen atoms in total. The standard InChI is InChI=1S/C56H38N2O/c1-5-15-39(16-6-1)41-25-29-45(30-26-41)57(46-31-27-42(28-32-46)40-17-7-2-8-18-40)47-33-35-49-50-36-34-48(38-54(50)59-53(49)37-47)58-52-24-14-13-23-51(52)55(43-19-9-3-10-20-43)56(58)44-21-11-4-12-22-44/h1-38H. The van der Waals surface area contributed by atoms with E-state index in [2.05, 4.69) is 240 Å². The Morgan fingerprint density at radius 3 is 1.34 bits per heavy atom. The highest BCUT2D eigenvalue weighted by molar-refractivity contribution is 6.08. The van der Waals surface area contributed by atoms with Crippen LogP contribution in [0.4, 0.5) is 17.1 Å². The molecule has 0 fully saturated rings. The molecular weight excluding hydrogens is 717 g/mol. The average Bonchev–Trinajstić information content (AvgIpc) is 3.86. The Labute approximate surface area is 343 Å². The van der Waals surface area contributed by atoms with E-state index in [-0.39, 0.29) is 0 Å². The third-order valence-electron chi connectivity index (χ3n) is 11.4. The van der Waals surface area contributed by atoms with Crippen LogP contribution in [0.2, 0.25) is 0 Å². The molecule has 11 aromatic rings. The Morgan fingerprint density at radius 1 is 0.322 bits per heavy atom. The second-order valence-corrected chi connectivity index (χ2v) is 14.9. The highest BCUT2D eigenvalue weighted by Gasteiger charge is 2.22. The smallest absolute Gasteiger partial charge is 0.137 e. The van der Waals surface area contributed by atoms with Crippen molar-refractivity contribution in [2.24, 2.45) is 0 Å². The van der Waals surface area contributed by atoms with E-state index in [0.717, 1.165) is 61.5 Å². The first kappa shape index (κ1) is 34.4. The van der Waals surface area contributed by atoms with E-state index in [4.69, 9.17) is 4.42 Å². The topological polar surface area (TPSA) is 21.3 Å². The van der Waals surface area contributed by atoms with Crippen LogP contribution in [0.15, 0.2) is 235 Å². The van der Waals surface area contributed by atoms with Gasteiger partial charge in [-0.15, -0.1) is 0 Å². The molecule has 278 valence electrons. The van der Waals surface area contributed by atoms with Crippen LogP contribution in [-0.2, 0) is 0 Å². The van der Waals surface area contributed by atoms with E-state index < -0.39 is 0 Å². The van der Waals surface area contributed by atoms with Gasteiger partial charge >= 0.3 is 0 Å². The lowest BCUT2D eigenvalue weighted by molar-refractivity contribution is 0.668. The Morgan fingerprint density at radius 2 is 0.763 bits per heavy atom. The minimum atomic E-state index is 0.840. The van der Waals surface area contributed by atoms with Crippen molar-refractivity contribution in [1.29, 1.82) is 0 Å². The molecule has 0 aliphatic carbocycles. The van der Waals surface area contributed by atoms with Crippen molar-refractivity contribution in [2.45, 2.75) is 0 Å². The second-order valence-electron chi connectivity index (χ2n) is 14.9. The maximum absolute atomic E-state index is 6.84. The van der Waals surface area contributed by atoms with Crippen LogP contribution in [-0.4, -0.2) is 4.57 Å². The van der Waals surface area contributed by atoms with Crippen LogP contribution in [0.1, 0.15) is 0 Å². The highest BCUT2D eigenvalue weighted by Crippen LogP contribution is 2.44. The van der Waals surface area contributed by atoms with Gasteiger partial charge in [0.2, 0.25) is 0 Å². The summed E-state index contributed by atoms with van der Waals surface area (Å²) in [5, 5.41) is 3.38. The first-order valence-electron chi connectivity index (χ1n) is 20.1. The summed E-state index contributed by atoms with van der Waals surface area (Å²) in [5.41, 5.74) is 16.5. The quantitative estimate of drug-likeness (QED) is 0.154. The molecule has 3 heteroatoms. The van der Waals surface area contributed by atoms with E-state index in [1.807, 2.05) is 0 Å². The number of hydrogen-bond acceptors (Lipinski definition) is 2. The summed E-state index contributed by atoms with van der Waals surface area (Å²) in [5.74, 6) is 0. The van der Waals surface area contributed by atoms with Gasteiger partial charge in [0.05, 0.1) is 11.2 Å². The van der Waals surface area contributed by atoms with Crippen molar-refractivity contribution in [3.63, 3.8) is 0 Å². The molecule has 0 radical (unpaired) electrons. The summed E-state index contributed by atoms with van der Waals surface area (Å²) in [6.45, 7) is 0. The molecule has 0 amide bonds. The van der Waals surface area contributed by atoms with Gasteiger partial charge in [-0.3, -0.25) is 0 Å². The molecule has 0 spiro atoms. The number of hydrogen-bond donors (Lipinski definition) is 0. The minimum Gasteiger partial charge on any atom is -0.456 e. The van der Waals surface area contributed by atoms with E-state index in [0.29, 0.717) is 0 Å². The third kappa shape index (κ3) is 6.17. The number of aromatic nitrogens is 1. The molecule has 59 heavy (non-hydrogen) atoms. The largest absolute Gasteiger partial charge is 0.456 e. The van der Waals surface area contributed by atoms with Gasteiger partial charge in [-0.1, -0.05) is 164 Å². The molecule has 0 aliphatic heterocycles. The number of para-hydroxylation sites is 1. The summed E-state index contributed by atoms with van der Waals surface area (Å²) in [7, 11) is 0. The van der Waals surface area contributed by atoms with Crippen molar-refractivity contribution in [3.8, 4) is 50.3 Å². The Kier molecular flexibility index (Phi) is 8.49. The predicted molar refractivity (Wildman–Crippen MR) is 247 cm³/mol. The minimum absolute atomic E-state index is 0.840. The fourth-order valence-electron chi connectivity index (χ4n) is 8.62. The lowest BCUT2D eigenvalue weighted by Gasteiger charge is -2.26. The lowest BCUT2D eigenvalue weighted by atomic mass is 9.98. The Balaban J connectivity index is 1.05. The van der Waals surface area contributed by atoms with Gasteiger partial charge in [-0.25, -0.2) is 0 Å². The predicted octanol–water partition coefficient (Wildman–Crippen LogP) is 15.7. The number of rotatable bonds is 8. The van der Waals surface area contributed by atoms with Crippen molar-refractivity contribution < 1.29 is 4.42 Å². The molecule has 0 saturated heterocycles. The maximum Gasteiger partial charge on any atom is 0.137 e. The summed E-state index contributed by atoms with van der Waals surface area (Å²) in [6, 6.07) is 82.1. The number of furan rings is 1. The first-order chi connectivity index (χ1) is 29.3. The number of fused-ring (bicyclic) bond motifs is 4. The second kappa shape index (κ2) is 14.6. The van der Waals surface area contributed by atoms with Gasteiger partial charge in [0.25, 0.3) is 0 Å². The normalized spacial score (nSPS) is 11.4. The van der Waals surface area contributed by atoms with Gasteiger partial charge in [-0.05, 0) is 88.0 Å². The SMILES string of the molecule is c1ccc(-c2ccc(N(c3ccc(-c4ccccc4)cc3)c3ccc4c(c3)oc3cc(-n5c(-c6ccccc6)c(-c6ccccc6)c6ccccc65)ccc34)cc2)cc1. The molecule has 0 bridgehead atoms. The maximum atomic E-state index is 6.84. The zero-order valence-electron chi connectivity index (χ0n) is 32.2. The van der Waals surface area contributed by atoms with E-state index in [1.54, 1.807) is 0 Å². The zero-order chi connectivity index (χ0) is 39.1. The number of anilines is 3. The van der Waals surface area contributed by atoms with Crippen molar-refractivity contribution in [2.75, 3.05) is 4.90 Å². The van der Waals surface area contributed by atoms with Gasteiger partial charge in [-0.2, -0.15) is 0 Å². The molecular formula is C56H38N2O. The van der Waals surface area contributed by atoms with Crippen LogP contribution < -0.4 is 4.90 Å². The molecule has 2 heterocycles. The van der Waals surface area contributed by atoms with E-state index in [1.165, 1.54) is 38.8 Å². The molecule has 2 aromatic heterocycles. The number of benzene rings is 9. The van der Waals surface area contributed by atoms with Crippen molar-refractivity contribution >= 4 is 49.9 Å². The van der Waals surface area contributed by atoms with Crippen LogP contribution in [0.5, 0.6) is 0 Å². The molecule has 0 atom stereocenters. The highest BCUT2D eigenvalue weighted by atomic mass is 16.3. The number of nitrogens with zero attached hydrogens (tertiary/aromatic N) is 2. The van der Waals surface area contributed by atoms with Gasteiger partial charge in [0.15, 0.2) is 0 Å². The first-order valence-corrected chi connectivity index (χ1v) is 20.1. The van der Waals surface area contributed by atoms with Crippen LogP contribution in [0, 0.1) is 0 Å². The third-order valence-corrected chi connectivity index (χ3v) is 11.4. The molecule has 9 aromatic carbocycles. The molecule has 0 unspecified atom stereocenters. The zero-order valence-corrected chi connectivity index (χ0v) is 32.2. The average molecular weight is 755 g/mol.